The number of aliphatic hydroxyl groups excluding tert-OH is 1. The standard InChI is InChI=1S/C7H12O2.C4H4O4.C3H4O2/c1-3-5-6-9-7(8)4-2;5-2-1-3(6)8-4(2)7;1-2-3(4)5/h4H,2-3,5-6H2,1H3;2,5H,1H2;2H,1H2,(H,4,5). The Morgan fingerprint density at radius 3 is 2.14 bits per heavy atom. The minimum atomic E-state index is -1.22. The molecular weight excluding hydrogens is 296 g/mol. The fourth-order valence-electron chi connectivity index (χ4n) is 0.839. The third-order valence-corrected chi connectivity index (χ3v) is 1.93. The fourth-order valence-corrected chi connectivity index (χ4v) is 0.839. The molecule has 1 fully saturated rings. The van der Waals surface area contributed by atoms with Gasteiger partial charge in [0.15, 0.2) is 6.10 Å². The number of aliphatic carboxylic acids is 1. The molecule has 0 aromatic rings. The summed E-state index contributed by atoms with van der Waals surface area (Å²) in [7, 11) is 0. The fraction of sp³-hybridized carbons (Fsp3) is 0.429. The molecule has 22 heavy (non-hydrogen) atoms. The van der Waals surface area contributed by atoms with E-state index in [1.807, 2.05) is 6.92 Å². The molecule has 1 aliphatic heterocycles. The van der Waals surface area contributed by atoms with E-state index in [2.05, 4.69) is 22.6 Å². The first-order valence-corrected chi connectivity index (χ1v) is 6.35. The number of carbonyl (C=O) groups excluding carboxylic acids is 3. The molecule has 0 spiro atoms. The lowest BCUT2D eigenvalue weighted by Crippen LogP contribution is -2.11. The lowest BCUT2D eigenvalue weighted by molar-refractivity contribution is -0.154. The first-order valence-electron chi connectivity index (χ1n) is 6.35. The Balaban J connectivity index is 0. The molecule has 8 heteroatoms. The zero-order valence-electron chi connectivity index (χ0n) is 12.3. The summed E-state index contributed by atoms with van der Waals surface area (Å²) in [5.41, 5.74) is 0. The average molecular weight is 316 g/mol. The van der Waals surface area contributed by atoms with Gasteiger partial charge in [-0.05, 0) is 6.42 Å². The summed E-state index contributed by atoms with van der Waals surface area (Å²) in [4.78, 5) is 39.7. The molecule has 1 saturated heterocycles. The molecule has 0 aliphatic carbocycles. The number of ether oxygens (including phenoxy) is 2. The van der Waals surface area contributed by atoms with Gasteiger partial charge in [0, 0.05) is 12.2 Å². The molecule has 1 aliphatic rings. The van der Waals surface area contributed by atoms with Gasteiger partial charge in [0.25, 0.3) is 0 Å². The molecule has 1 heterocycles. The first-order chi connectivity index (χ1) is 10.3. The van der Waals surface area contributed by atoms with Crippen LogP contribution in [0.5, 0.6) is 0 Å². The Hall–Kier alpha value is -2.48. The van der Waals surface area contributed by atoms with Crippen LogP contribution in [0.1, 0.15) is 26.2 Å². The zero-order valence-corrected chi connectivity index (χ0v) is 12.3. The lowest BCUT2D eigenvalue weighted by Gasteiger charge is -1.97. The summed E-state index contributed by atoms with van der Waals surface area (Å²) in [5, 5.41) is 16.1. The molecule has 0 amide bonds. The van der Waals surface area contributed by atoms with E-state index in [1.165, 1.54) is 6.08 Å². The number of carboxylic acids is 1. The number of esters is 3. The van der Waals surface area contributed by atoms with Crippen molar-refractivity contribution in [3.63, 3.8) is 0 Å². The highest BCUT2D eigenvalue weighted by Crippen LogP contribution is 2.05. The van der Waals surface area contributed by atoms with Gasteiger partial charge in [-0.1, -0.05) is 26.5 Å². The molecular formula is C14H20O8. The number of cyclic esters (lactones) is 2. The van der Waals surface area contributed by atoms with E-state index in [1.54, 1.807) is 0 Å². The second kappa shape index (κ2) is 13.5. The van der Waals surface area contributed by atoms with E-state index in [0.717, 1.165) is 18.9 Å². The van der Waals surface area contributed by atoms with E-state index in [-0.39, 0.29) is 12.4 Å². The molecule has 0 aromatic heterocycles. The summed E-state index contributed by atoms with van der Waals surface area (Å²) in [6.45, 7) is 8.78. The van der Waals surface area contributed by atoms with Crippen molar-refractivity contribution in [1.82, 2.24) is 0 Å². The van der Waals surface area contributed by atoms with E-state index in [4.69, 9.17) is 10.2 Å². The van der Waals surface area contributed by atoms with Crippen LogP contribution >= 0.6 is 0 Å². The highest BCUT2D eigenvalue weighted by atomic mass is 16.6. The second-order valence-corrected chi connectivity index (χ2v) is 3.78. The van der Waals surface area contributed by atoms with Crippen LogP contribution < -0.4 is 0 Å². The van der Waals surface area contributed by atoms with E-state index < -0.39 is 24.0 Å². The molecule has 1 atom stereocenters. The Kier molecular flexibility index (Phi) is 13.4. The number of rotatable bonds is 5. The minimum absolute atomic E-state index is 0.196. The van der Waals surface area contributed by atoms with Crippen LogP contribution in [0.2, 0.25) is 0 Å². The number of hydrogen-bond donors (Lipinski definition) is 2. The highest BCUT2D eigenvalue weighted by Gasteiger charge is 2.30. The van der Waals surface area contributed by atoms with Gasteiger partial charge in [0.2, 0.25) is 0 Å². The SMILES string of the molecule is C=CC(=O)O.C=CC(=O)OCCCC.O=C1CC(O)C(=O)O1. The van der Waals surface area contributed by atoms with E-state index in [0.29, 0.717) is 6.61 Å². The van der Waals surface area contributed by atoms with Crippen molar-refractivity contribution >= 4 is 23.9 Å². The van der Waals surface area contributed by atoms with Crippen LogP contribution in [0.15, 0.2) is 25.3 Å². The summed E-state index contributed by atoms with van der Waals surface area (Å²) in [6, 6.07) is 0. The van der Waals surface area contributed by atoms with Gasteiger partial charge in [0.05, 0.1) is 13.0 Å². The molecule has 1 rings (SSSR count). The molecule has 2 N–H and O–H groups in total. The summed E-state index contributed by atoms with van der Waals surface area (Å²) in [6.07, 6.45) is 2.57. The minimum Gasteiger partial charge on any atom is -0.478 e. The van der Waals surface area contributed by atoms with Crippen molar-refractivity contribution in [3.8, 4) is 0 Å². The molecule has 124 valence electrons. The van der Waals surface area contributed by atoms with Crippen LogP contribution in [0.25, 0.3) is 0 Å². The third-order valence-electron chi connectivity index (χ3n) is 1.93. The predicted octanol–water partition coefficient (Wildman–Crippen LogP) is 0.593. The van der Waals surface area contributed by atoms with Crippen molar-refractivity contribution in [1.29, 1.82) is 0 Å². The van der Waals surface area contributed by atoms with Gasteiger partial charge in [-0.3, -0.25) is 4.79 Å². The molecule has 0 bridgehead atoms. The summed E-state index contributed by atoms with van der Waals surface area (Å²) < 4.78 is 8.62. The topological polar surface area (TPSA) is 127 Å². The largest absolute Gasteiger partial charge is 0.478 e. The van der Waals surface area contributed by atoms with Gasteiger partial charge in [0.1, 0.15) is 0 Å². The number of carbonyl (C=O) groups is 4. The Morgan fingerprint density at radius 1 is 1.36 bits per heavy atom. The van der Waals surface area contributed by atoms with Gasteiger partial charge < -0.3 is 19.7 Å². The Bertz CT molecular complexity index is 413. The molecule has 0 radical (unpaired) electrons. The normalized spacial score (nSPS) is 15.3. The monoisotopic (exact) mass is 316 g/mol. The van der Waals surface area contributed by atoms with Gasteiger partial charge in [-0.2, -0.15) is 0 Å². The van der Waals surface area contributed by atoms with Gasteiger partial charge in [-0.25, -0.2) is 14.4 Å². The van der Waals surface area contributed by atoms with Crippen molar-refractivity contribution in [2.45, 2.75) is 32.3 Å². The number of aliphatic hydroxyl groups is 1. The van der Waals surface area contributed by atoms with Crippen molar-refractivity contribution in [2.24, 2.45) is 0 Å². The van der Waals surface area contributed by atoms with Crippen molar-refractivity contribution in [2.75, 3.05) is 6.61 Å². The third kappa shape index (κ3) is 13.9. The average Bonchev–Trinajstić information content (AvgIpc) is 2.76. The van der Waals surface area contributed by atoms with Crippen LogP contribution in [0.4, 0.5) is 0 Å². The van der Waals surface area contributed by atoms with E-state index >= 15 is 0 Å². The van der Waals surface area contributed by atoms with Gasteiger partial charge >= 0.3 is 23.9 Å². The Morgan fingerprint density at radius 2 is 1.91 bits per heavy atom. The second-order valence-electron chi connectivity index (χ2n) is 3.78. The summed E-state index contributed by atoms with van der Waals surface area (Å²) in [5.74, 6) is -2.80. The van der Waals surface area contributed by atoms with Crippen LogP contribution in [0, 0.1) is 0 Å². The van der Waals surface area contributed by atoms with Gasteiger partial charge in [-0.15, -0.1) is 0 Å². The molecule has 8 nitrogen and oxygen atoms in total. The predicted molar refractivity (Wildman–Crippen MR) is 75.6 cm³/mol. The first kappa shape index (κ1) is 21.8. The lowest BCUT2D eigenvalue weighted by atomic mass is 10.3. The maximum absolute atomic E-state index is 10.3. The maximum atomic E-state index is 10.3. The quantitative estimate of drug-likeness (QED) is 0.326. The Labute approximate surface area is 128 Å². The zero-order chi connectivity index (χ0) is 17.5. The van der Waals surface area contributed by atoms with Crippen molar-refractivity contribution < 1.29 is 38.9 Å². The highest BCUT2D eigenvalue weighted by molar-refractivity contribution is 5.95. The van der Waals surface area contributed by atoms with E-state index in [9.17, 15) is 19.2 Å². The van der Waals surface area contributed by atoms with Crippen molar-refractivity contribution in [3.05, 3.63) is 25.3 Å². The maximum Gasteiger partial charge on any atom is 0.343 e. The summed E-state index contributed by atoms with van der Waals surface area (Å²) >= 11 is 0. The number of carboxylic acid groups (broad SMARTS) is 1. The van der Waals surface area contributed by atoms with Crippen LogP contribution in [-0.2, 0) is 28.7 Å². The smallest absolute Gasteiger partial charge is 0.343 e. The molecule has 0 saturated carbocycles. The molecule has 1 unspecified atom stereocenters. The van der Waals surface area contributed by atoms with Crippen LogP contribution in [-0.4, -0.2) is 46.8 Å². The number of hydrogen-bond acceptors (Lipinski definition) is 7. The number of unbranched alkanes of at least 4 members (excludes halogenated alkanes) is 1. The molecule has 0 aromatic carbocycles. The van der Waals surface area contributed by atoms with Crippen LogP contribution in [0.3, 0.4) is 0 Å².